The Morgan fingerprint density at radius 3 is 2.57 bits per heavy atom. The van der Waals surface area contributed by atoms with Gasteiger partial charge in [0.25, 0.3) is 0 Å². The van der Waals surface area contributed by atoms with E-state index in [9.17, 15) is 4.79 Å². The Hall–Kier alpha value is -1.16. The molecule has 0 aromatic heterocycles. The Morgan fingerprint density at radius 1 is 1.13 bits per heavy atom. The van der Waals surface area contributed by atoms with Crippen LogP contribution in [0.5, 0.6) is 0 Å². The minimum absolute atomic E-state index is 0.0313. The number of hydrogen-bond donors (Lipinski definition) is 1. The molecule has 1 atom stereocenters. The molecule has 2 aromatic rings. The van der Waals surface area contributed by atoms with Gasteiger partial charge < -0.3 is 5.32 Å². The van der Waals surface area contributed by atoms with E-state index in [-0.39, 0.29) is 11.9 Å². The highest BCUT2D eigenvalue weighted by molar-refractivity contribution is 7.98. The molecular weight excluding hydrogens is 349 g/mol. The quantitative estimate of drug-likeness (QED) is 0.655. The second-order valence-corrected chi connectivity index (χ2v) is 7.17. The highest BCUT2D eigenvalue weighted by Gasteiger charge is 2.09. The lowest BCUT2D eigenvalue weighted by Gasteiger charge is -2.14. The molecule has 0 radical (unpaired) electrons. The summed E-state index contributed by atoms with van der Waals surface area (Å²) in [5, 5.41) is 4.15. The van der Waals surface area contributed by atoms with E-state index in [4.69, 9.17) is 23.2 Å². The van der Waals surface area contributed by atoms with Gasteiger partial charge in [0.05, 0.1) is 16.1 Å². The largest absolute Gasteiger partial charge is 0.350 e. The van der Waals surface area contributed by atoms with Crippen LogP contribution in [0, 0.1) is 0 Å². The Kier molecular flexibility index (Phi) is 7.28. The molecule has 2 rings (SSSR count). The topological polar surface area (TPSA) is 29.1 Å². The lowest BCUT2D eigenvalue weighted by atomic mass is 10.1. The maximum atomic E-state index is 12.0. The van der Waals surface area contributed by atoms with E-state index in [1.165, 1.54) is 0 Å². The van der Waals surface area contributed by atoms with E-state index in [1.54, 1.807) is 17.8 Å². The second-order valence-electron chi connectivity index (χ2n) is 5.25. The molecule has 23 heavy (non-hydrogen) atoms. The lowest BCUT2D eigenvalue weighted by Crippen LogP contribution is -2.26. The van der Waals surface area contributed by atoms with Gasteiger partial charge >= 0.3 is 0 Å². The monoisotopic (exact) mass is 367 g/mol. The number of benzene rings is 2. The van der Waals surface area contributed by atoms with Crippen LogP contribution in [0.15, 0.2) is 48.5 Å². The summed E-state index contributed by atoms with van der Waals surface area (Å²) < 4.78 is 0. The van der Waals surface area contributed by atoms with Gasteiger partial charge in [-0.25, -0.2) is 0 Å². The van der Waals surface area contributed by atoms with Crippen molar-refractivity contribution in [3.63, 3.8) is 0 Å². The fraction of sp³-hybridized carbons (Fsp3) is 0.278. The third-order valence-corrected chi connectivity index (χ3v) is 5.17. The number of thioether (sulfide) groups is 1. The van der Waals surface area contributed by atoms with Gasteiger partial charge in [-0.2, -0.15) is 11.8 Å². The normalized spacial score (nSPS) is 12.0. The van der Waals surface area contributed by atoms with Crippen LogP contribution in [0.1, 0.15) is 30.5 Å². The van der Waals surface area contributed by atoms with Gasteiger partial charge in [-0.3, -0.25) is 4.79 Å². The Morgan fingerprint density at radius 2 is 1.87 bits per heavy atom. The number of amides is 1. The van der Waals surface area contributed by atoms with Crippen LogP contribution >= 0.6 is 35.0 Å². The zero-order chi connectivity index (χ0) is 16.7. The predicted molar refractivity (Wildman–Crippen MR) is 100 cm³/mol. The third-order valence-electron chi connectivity index (χ3n) is 3.40. The van der Waals surface area contributed by atoms with Crippen molar-refractivity contribution in [3.8, 4) is 0 Å². The average Bonchev–Trinajstić information content (AvgIpc) is 2.55. The van der Waals surface area contributed by atoms with E-state index in [0.717, 1.165) is 22.6 Å². The van der Waals surface area contributed by atoms with Gasteiger partial charge in [0.1, 0.15) is 0 Å². The maximum Gasteiger partial charge on any atom is 0.221 e. The van der Waals surface area contributed by atoms with Gasteiger partial charge in [0.15, 0.2) is 0 Å². The van der Waals surface area contributed by atoms with Crippen molar-refractivity contribution in [2.24, 2.45) is 0 Å². The van der Waals surface area contributed by atoms with Gasteiger partial charge in [0.2, 0.25) is 5.91 Å². The summed E-state index contributed by atoms with van der Waals surface area (Å²) in [6.45, 7) is 2.00. The van der Waals surface area contributed by atoms with Gasteiger partial charge in [0, 0.05) is 17.9 Å². The number of carbonyl (C=O) groups excluding carboxylic acids is 1. The first kappa shape index (κ1) is 18.2. The first-order valence-corrected chi connectivity index (χ1v) is 9.33. The van der Waals surface area contributed by atoms with Crippen LogP contribution in [0.2, 0.25) is 10.0 Å². The summed E-state index contributed by atoms with van der Waals surface area (Å²) in [6.07, 6.45) is 0.503. The molecule has 122 valence electrons. The summed E-state index contributed by atoms with van der Waals surface area (Å²) >= 11 is 13.6. The van der Waals surface area contributed by atoms with Crippen LogP contribution in [-0.2, 0) is 10.5 Å². The highest BCUT2D eigenvalue weighted by atomic mass is 35.5. The molecule has 0 bridgehead atoms. The van der Waals surface area contributed by atoms with E-state index in [0.29, 0.717) is 16.5 Å². The van der Waals surface area contributed by atoms with Crippen molar-refractivity contribution in [3.05, 3.63) is 69.7 Å². The molecular formula is C18H19Cl2NOS. The summed E-state index contributed by atoms with van der Waals surface area (Å²) in [5.41, 5.74) is 2.23. The zero-order valence-electron chi connectivity index (χ0n) is 12.9. The SMILES string of the molecule is C[C@@H](NC(=O)CCSCc1ccc(Cl)c(Cl)c1)c1ccccc1. The van der Waals surface area contributed by atoms with Crippen molar-refractivity contribution in [2.75, 3.05) is 5.75 Å². The molecule has 0 unspecified atom stereocenters. The number of halogens is 2. The highest BCUT2D eigenvalue weighted by Crippen LogP contribution is 2.24. The van der Waals surface area contributed by atoms with Gasteiger partial charge in [-0.05, 0) is 30.2 Å². The van der Waals surface area contributed by atoms with Crippen molar-refractivity contribution in [2.45, 2.75) is 25.1 Å². The average molecular weight is 368 g/mol. The van der Waals surface area contributed by atoms with Crippen molar-refractivity contribution >= 4 is 40.9 Å². The Bertz CT molecular complexity index is 649. The molecule has 0 fully saturated rings. The number of hydrogen-bond acceptors (Lipinski definition) is 2. The Balaban J connectivity index is 1.69. The zero-order valence-corrected chi connectivity index (χ0v) is 15.2. The fourth-order valence-corrected chi connectivity index (χ4v) is 3.33. The lowest BCUT2D eigenvalue weighted by molar-refractivity contribution is -0.121. The molecule has 0 aliphatic rings. The van der Waals surface area contributed by atoms with Crippen LogP contribution in [0.25, 0.3) is 0 Å². The molecule has 2 aromatic carbocycles. The third kappa shape index (κ3) is 6.09. The molecule has 1 amide bonds. The first-order chi connectivity index (χ1) is 11.1. The number of nitrogens with one attached hydrogen (secondary N) is 1. The van der Waals surface area contributed by atoms with Crippen LogP contribution < -0.4 is 5.32 Å². The van der Waals surface area contributed by atoms with E-state index in [2.05, 4.69) is 5.32 Å². The van der Waals surface area contributed by atoms with Crippen molar-refractivity contribution in [1.29, 1.82) is 0 Å². The number of carbonyl (C=O) groups is 1. The molecule has 0 saturated carbocycles. The minimum Gasteiger partial charge on any atom is -0.350 e. The molecule has 2 nitrogen and oxygen atoms in total. The van der Waals surface area contributed by atoms with Crippen molar-refractivity contribution < 1.29 is 4.79 Å². The fourth-order valence-electron chi connectivity index (χ4n) is 2.12. The molecule has 0 heterocycles. The molecule has 0 aliphatic carbocycles. The maximum absolute atomic E-state index is 12.0. The smallest absolute Gasteiger partial charge is 0.221 e. The molecule has 0 spiro atoms. The van der Waals surface area contributed by atoms with E-state index < -0.39 is 0 Å². The van der Waals surface area contributed by atoms with E-state index >= 15 is 0 Å². The van der Waals surface area contributed by atoms with Crippen molar-refractivity contribution in [1.82, 2.24) is 5.32 Å². The Labute approximate surface area is 151 Å². The molecule has 0 aliphatic heterocycles. The summed E-state index contributed by atoms with van der Waals surface area (Å²) in [5.74, 6) is 1.66. The standard InChI is InChI=1S/C18H19Cl2NOS/c1-13(15-5-3-2-4-6-15)21-18(22)9-10-23-12-14-7-8-16(19)17(20)11-14/h2-8,11,13H,9-10,12H2,1H3,(H,21,22)/t13-/m1/s1. The summed E-state index contributed by atoms with van der Waals surface area (Å²) in [4.78, 5) is 12.0. The molecule has 5 heteroatoms. The van der Waals surface area contributed by atoms with E-state index in [1.807, 2.05) is 49.4 Å². The van der Waals surface area contributed by atoms with Crippen LogP contribution in [-0.4, -0.2) is 11.7 Å². The first-order valence-electron chi connectivity index (χ1n) is 7.42. The van der Waals surface area contributed by atoms with Crippen LogP contribution in [0.3, 0.4) is 0 Å². The number of rotatable bonds is 7. The second kappa shape index (κ2) is 9.21. The van der Waals surface area contributed by atoms with Gasteiger partial charge in [-0.1, -0.05) is 59.6 Å². The summed E-state index contributed by atoms with van der Waals surface area (Å²) in [7, 11) is 0. The van der Waals surface area contributed by atoms with Gasteiger partial charge in [-0.15, -0.1) is 0 Å². The summed E-state index contributed by atoms with van der Waals surface area (Å²) in [6, 6.07) is 15.6. The minimum atomic E-state index is 0.0313. The predicted octanol–water partition coefficient (Wildman–Crippen LogP) is 5.49. The molecule has 1 N–H and O–H groups in total. The molecule has 0 saturated heterocycles. The van der Waals surface area contributed by atoms with Crippen LogP contribution in [0.4, 0.5) is 0 Å².